The van der Waals surface area contributed by atoms with Gasteiger partial charge < -0.3 is 9.84 Å². The largest absolute Gasteiger partial charge is 0.504 e. The monoisotopic (exact) mass is 240 g/mol. The number of ether oxygens (including phenoxy) is 1. The van der Waals surface area contributed by atoms with Gasteiger partial charge in [0.25, 0.3) is 0 Å². The first-order valence-corrected chi connectivity index (χ1v) is 4.33. The predicted molar refractivity (Wildman–Crippen MR) is 57.3 cm³/mol. The van der Waals surface area contributed by atoms with Gasteiger partial charge in [-0.2, -0.15) is 0 Å². The minimum absolute atomic E-state index is 0.0265. The average Bonchev–Trinajstić information content (AvgIpc) is 2.26. The van der Waals surface area contributed by atoms with Crippen molar-refractivity contribution in [2.75, 3.05) is 7.11 Å². The van der Waals surface area contributed by atoms with Gasteiger partial charge in [0, 0.05) is 6.08 Å². The zero-order valence-electron chi connectivity index (χ0n) is 8.69. The molecule has 0 atom stereocenters. The van der Waals surface area contributed by atoms with Crippen LogP contribution in [0.15, 0.2) is 18.3 Å². The van der Waals surface area contributed by atoms with Crippen molar-refractivity contribution in [2.24, 2.45) is 0 Å². The molecule has 17 heavy (non-hydrogen) atoms. The standard InChI is InChI=1S/C9H8N2O6/c1-17-9-7(12)3-2-6(4-5-10(13)14)8(9)11(15)16/h2-5,12H,1H3/b5-4+. The summed E-state index contributed by atoms with van der Waals surface area (Å²) in [5.41, 5.74) is -0.549. The van der Waals surface area contributed by atoms with Gasteiger partial charge in [0.1, 0.15) is 0 Å². The number of aromatic hydroxyl groups is 1. The molecule has 0 amide bonds. The number of hydrogen-bond acceptors (Lipinski definition) is 6. The predicted octanol–water partition coefficient (Wildman–Crippen LogP) is 1.56. The maximum atomic E-state index is 10.8. The van der Waals surface area contributed by atoms with E-state index in [0.717, 1.165) is 19.3 Å². The molecule has 0 radical (unpaired) electrons. The fraction of sp³-hybridized carbons (Fsp3) is 0.111. The second-order valence-electron chi connectivity index (χ2n) is 2.91. The molecule has 0 saturated carbocycles. The van der Waals surface area contributed by atoms with Crippen molar-refractivity contribution in [3.05, 3.63) is 44.1 Å². The second-order valence-corrected chi connectivity index (χ2v) is 2.91. The number of nitro groups is 2. The third-order valence-corrected chi connectivity index (χ3v) is 1.90. The number of methoxy groups -OCH3 is 1. The van der Waals surface area contributed by atoms with E-state index in [1.165, 1.54) is 6.07 Å². The smallest absolute Gasteiger partial charge is 0.322 e. The molecule has 0 spiro atoms. The Bertz CT molecular complexity index is 497. The van der Waals surface area contributed by atoms with Crippen LogP contribution < -0.4 is 4.74 Å². The lowest BCUT2D eigenvalue weighted by Crippen LogP contribution is -1.97. The van der Waals surface area contributed by atoms with Crippen molar-refractivity contribution in [2.45, 2.75) is 0 Å². The van der Waals surface area contributed by atoms with Gasteiger partial charge in [-0.25, -0.2) is 0 Å². The molecule has 0 aliphatic rings. The third kappa shape index (κ3) is 2.68. The van der Waals surface area contributed by atoms with Crippen molar-refractivity contribution < 1.29 is 19.7 Å². The van der Waals surface area contributed by atoms with Crippen LogP contribution in [0.3, 0.4) is 0 Å². The van der Waals surface area contributed by atoms with Crippen LogP contribution in [0.5, 0.6) is 11.5 Å². The van der Waals surface area contributed by atoms with Crippen molar-refractivity contribution >= 4 is 11.8 Å². The molecule has 8 nitrogen and oxygen atoms in total. The summed E-state index contributed by atoms with van der Waals surface area (Å²) in [7, 11) is 1.16. The summed E-state index contributed by atoms with van der Waals surface area (Å²) in [4.78, 5) is 19.4. The molecular formula is C9H8N2O6. The van der Waals surface area contributed by atoms with Crippen molar-refractivity contribution in [3.63, 3.8) is 0 Å². The molecular weight excluding hydrogens is 232 g/mol. The van der Waals surface area contributed by atoms with Crippen LogP contribution in [0.1, 0.15) is 5.56 Å². The van der Waals surface area contributed by atoms with Crippen LogP contribution in [-0.4, -0.2) is 22.1 Å². The number of rotatable bonds is 4. The Morgan fingerprint density at radius 3 is 2.47 bits per heavy atom. The highest BCUT2D eigenvalue weighted by Crippen LogP contribution is 2.39. The molecule has 8 heteroatoms. The molecule has 0 unspecified atom stereocenters. The molecule has 0 fully saturated rings. The molecule has 1 rings (SSSR count). The van der Waals surface area contributed by atoms with Gasteiger partial charge in [-0.05, 0) is 12.1 Å². The first-order chi connectivity index (χ1) is 7.97. The van der Waals surface area contributed by atoms with Gasteiger partial charge in [-0.1, -0.05) is 0 Å². The summed E-state index contributed by atoms with van der Waals surface area (Å²) in [6, 6.07) is 2.35. The molecule has 0 heterocycles. The lowest BCUT2D eigenvalue weighted by molar-refractivity contribution is -0.401. The number of phenolic OH excluding ortho intramolecular Hbond substituents is 1. The Morgan fingerprint density at radius 2 is 2.00 bits per heavy atom. The lowest BCUT2D eigenvalue weighted by atomic mass is 10.1. The first kappa shape index (κ1) is 12.4. The highest BCUT2D eigenvalue weighted by molar-refractivity contribution is 5.69. The SMILES string of the molecule is COc1c(O)ccc(/C=C/[N+](=O)[O-])c1[N+](=O)[O-]. The molecule has 1 aromatic carbocycles. The Balaban J connectivity index is 3.40. The van der Waals surface area contributed by atoms with Crippen LogP contribution >= 0.6 is 0 Å². The van der Waals surface area contributed by atoms with Gasteiger partial charge in [-0.3, -0.25) is 20.2 Å². The quantitative estimate of drug-likeness (QED) is 0.630. The van der Waals surface area contributed by atoms with Crippen molar-refractivity contribution in [1.29, 1.82) is 0 Å². The summed E-state index contributed by atoms with van der Waals surface area (Å²) >= 11 is 0. The van der Waals surface area contributed by atoms with E-state index in [2.05, 4.69) is 4.74 Å². The van der Waals surface area contributed by atoms with E-state index in [1.807, 2.05) is 0 Å². The maximum absolute atomic E-state index is 10.8. The summed E-state index contributed by atoms with van der Waals surface area (Å²) in [6.07, 6.45) is 1.53. The van der Waals surface area contributed by atoms with Crippen molar-refractivity contribution in [3.8, 4) is 11.5 Å². The average molecular weight is 240 g/mol. The Kier molecular flexibility index (Phi) is 3.60. The lowest BCUT2D eigenvalue weighted by Gasteiger charge is -2.05. The molecule has 1 aromatic rings. The van der Waals surface area contributed by atoms with E-state index in [4.69, 9.17) is 0 Å². The van der Waals surface area contributed by atoms with E-state index in [-0.39, 0.29) is 11.3 Å². The van der Waals surface area contributed by atoms with Gasteiger partial charge >= 0.3 is 5.69 Å². The second kappa shape index (κ2) is 4.92. The summed E-state index contributed by atoms with van der Waals surface area (Å²) < 4.78 is 4.69. The van der Waals surface area contributed by atoms with Crippen LogP contribution in [0.25, 0.3) is 6.08 Å². The summed E-state index contributed by atoms with van der Waals surface area (Å²) in [6.45, 7) is 0. The summed E-state index contributed by atoms with van der Waals surface area (Å²) in [5, 5.41) is 30.3. The van der Waals surface area contributed by atoms with E-state index >= 15 is 0 Å². The van der Waals surface area contributed by atoms with E-state index in [1.54, 1.807) is 0 Å². The van der Waals surface area contributed by atoms with E-state index in [0.29, 0.717) is 6.20 Å². The van der Waals surface area contributed by atoms with Crippen LogP contribution in [0.4, 0.5) is 5.69 Å². The number of phenols is 1. The fourth-order valence-corrected chi connectivity index (χ4v) is 1.24. The maximum Gasteiger partial charge on any atom is 0.322 e. The minimum atomic E-state index is -0.780. The Morgan fingerprint density at radius 1 is 1.35 bits per heavy atom. The topological polar surface area (TPSA) is 116 Å². The molecule has 90 valence electrons. The zero-order chi connectivity index (χ0) is 13.0. The molecule has 0 saturated heterocycles. The van der Waals surface area contributed by atoms with Crippen LogP contribution in [0.2, 0.25) is 0 Å². The first-order valence-electron chi connectivity index (χ1n) is 4.33. The van der Waals surface area contributed by atoms with Gasteiger partial charge in [0.15, 0.2) is 5.75 Å². The third-order valence-electron chi connectivity index (χ3n) is 1.90. The number of nitrogens with zero attached hydrogens (tertiary/aromatic N) is 2. The normalized spacial score (nSPS) is 10.4. The molecule has 1 N–H and O–H groups in total. The van der Waals surface area contributed by atoms with Gasteiger partial charge in [-0.15, -0.1) is 0 Å². The Labute approximate surface area is 95.1 Å². The van der Waals surface area contributed by atoms with Gasteiger partial charge in [0.2, 0.25) is 11.9 Å². The fourth-order valence-electron chi connectivity index (χ4n) is 1.24. The minimum Gasteiger partial charge on any atom is -0.504 e. The molecule has 0 aromatic heterocycles. The van der Waals surface area contributed by atoms with Crippen LogP contribution in [-0.2, 0) is 0 Å². The molecule has 0 bridgehead atoms. The van der Waals surface area contributed by atoms with Crippen molar-refractivity contribution in [1.82, 2.24) is 0 Å². The van der Waals surface area contributed by atoms with E-state index < -0.39 is 21.3 Å². The van der Waals surface area contributed by atoms with Crippen LogP contribution in [0, 0.1) is 20.2 Å². The molecule has 0 aliphatic heterocycles. The highest BCUT2D eigenvalue weighted by atomic mass is 16.6. The summed E-state index contributed by atoms with van der Waals surface area (Å²) in [5.74, 6) is -0.738. The molecule has 0 aliphatic carbocycles. The van der Waals surface area contributed by atoms with Gasteiger partial charge in [0.05, 0.1) is 22.5 Å². The number of nitro benzene ring substituents is 1. The highest BCUT2D eigenvalue weighted by Gasteiger charge is 2.23. The Hall–Kier alpha value is -2.64. The zero-order valence-corrected chi connectivity index (χ0v) is 8.69. The number of benzene rings is 1. The number of hydrogen-bond donors (Lipinski definition) is 1. The van der Waals surface area contributed by atoms with E-state index in [9.17, 15) is 25.3 Å².